The van der Waals surface area contributed by atoms with E-state index in [1.54, 1.807) is 18.2 Å². The maximum absolute atomic E-state index is 12.0. The van der Waals surface area contributed by atoms with Gasteiger partial charge in [0.05, 0.1) is 6.61 Å². The molecule has 0 spiro atoms. The molecule has 0 unspecified atom stereocenters. The third-order valence-electron chi connectivity index (χ3n) is 3.40. The van der Waals surface area contributed by atoms with Gasteiger partial charge in [0.2, 0.25) is 5.91 Å². The number of rotatable bonds is 7. The number of halogens is 1. The van der Waals surface area contributed by atoms with Crippen molar-refractivity contribution in [2.45, 2.75) is 20.3 Å². The third kappa shape index (κ3) is 5.90. The SMILES string of the molecule is CCCOc1ccc(C=NCC(=O)Nc2ccc(Br)cc2C)c(O)c1. The number of anilines is 1. The van der Waals surface area contributed by atoms with Gasteiger partial charge in [-0.25, -0.2) is 0 Å². The molecule has 0 atom stereocenters. The molecule has 0 aliphatic rings. The van der Waals surface area contributed by atoms with Gasteiger partial charge in [-0.05, 0) is 49.2 Å². The normalized spacial score (nSPS) is 10.8. The zero-order valence-electron chi connectivity index (χ0n) is 14.3. The zero-order chi connectivity index (χ0) is 18.2. The second-order valence-corrected chi connectivity index (χ2v) is 6.46. The summed E-state index contributed by atoms with van der Waals surface area (Å²) in [5, 5.41) is 12.8. The van der Waals surface area contributed by atoms with Crippen molar-refractivity contribution in [3.63, 3.8) is 0 Å². The molecule has 0 heterocycles. The van der Waals surface area contributed by atoms with E-state index in [9.17, 15) is 9.90 Å². The van der Waals surface area contributed by atoms with Crippen molar-refractivity contribution in [3.8, 4) is 11.5 Å². The summed E-state index contributed by atoms with van der Waals surface area (Å²) < 4.78 is 6.41. The predicted octanol–water partition coefficient (Wildman–Crippen LogP) is 4.31. The first-order chi connectivity index (χ1) is 12.0. The monoisotopic (exact) mass is 404 g/mol. The van der Waals surface area contributed by atoms with Crippen molar-refractivity contribution < 1.29 is 14.6 Å². The molecule has 0 bridgehead atoms. The average Bonchev–Trinajstić information content (AvgIpc) is 2.57. The summed E-state index contributed by atoms with van der Waals surface area (Å²) in [6.07, 6.45) is 2.38. The first-order valence-electron chi connectivity index (χ1n) is 8.01. The molecule has 132 valence electrons. The summed E-state index contributed by atoms with van der Waals surface area (Å²) in [6, 6.07) is 10.7. The van der Waals surface area contributed by atoms with Crippen LogP contribution in [0, 0.1) is 6.92 Å². The molecule has 2 aromatic rings. The first-order valence-corrected chi connectivity index (χ1v) is 8.80. The van der Waals surface area contributed by atoms with Crippen LogP contribution in [-0.2, 0) is 4.79 Å². The molecular weight excluding hydrogens is 384 g/mol. The van der Waals surface area contributed by atoms with Gasteiger partial charge in [-0.3, -0.25) is 9.79 Å². The predicted molar refractivity (Wildman–Crippen MR) is 104 cm³/mol. The quantitative estimate of drug-likeness (QED) is 0.675. The van der Waals surface area contributed by atoms with Crippen molar-refractivity contribution in [1.82, 2.24) is 0 Å². The van der Waals surface area contributed by atoms with E-state index < -0.39 is 0 Å². The van der Waals surface area contributed by atoms with Crippen LogP contribution >= 0.6 is 15.9 Å². The van der Waals surface area contributed by atoms with Gasteiger partial charge in [0.25, 0.3) is 0 Å². The van der Waals surface area contributed by atoms with Crippen LogP contribution in [0.15, 0.2) is 45.9 Å². The summed E-state index contributed by atoms with van der Waals surface area (Å²) >= 11 is 3.39. The number of benzene rings is 2. The van der Waals surface area contributed by atoms with E-state index in [-0.39, 0.29) is 18.2 Å². The van der Waals surface area contributed by atoms with Gasteiger partial charge in [-0.15, -0.1) is 0 Å². The Hall–Kier alpha value is -2.34. The Morgan fingerprint density at radius 1 is 1.32 bits per heavy atom. The molecule has 1 amide bonds. The van der Waals surface area contributed by atoms with Crippen molar-refractivity contribution in [1.29, 1.82) is 0 Å². The molecule has 2 N–H and O–H groups in total. The lowest BCUT2D eigenvalue weighted by Crippen LogP contribution is -2.15. The summed E-state index contributed by atoms with van der Waals surface area (Å²) in [5.74, 6) is 0.463. The number of carbonyl (C=O) groups excluding carboxylic acids is 1. The Kier molecular flexibility index (Phi) is 7.01. The molecule has 0 saturated heterocycles. The second kappa shape index (κ2) is 9.22. The lowest BCUT2D eigenvalue weighted by atomic mass is 10.2. The van der Waals surface area contributed by atoms with E-state index in [0.29, 0.717) is 17.9 Å². The highest BCUT2D eigenvalue weighted by Crippen LogP contribution is 2.22. The average molecular weight is 405 g/mol. The molecule has 25 heavy (non-hydrogen) atoms. The van der Waals surface area contributed by atoms with Crippen LogP contribution in [0.2, 0.25) is 0 Å². The number of hydrogen-bond donors (Lipinski definition) is 2. The topological polar surface area (TPSA) is 70.9 Å². The summed E-state index contributed by atoms with van der Waals surface area (Å²) in [7, 11) is 0. The van der Waals surface area contributed by atoms with Crippen molar-refractivity contribution in [2.24, 2.45) is 4.99 Å². The molecular formula is C19H21BrN2O3. The van der Waals surface area contributed by atoms with Crippen LogP contribution in [-0.4, -0.2) is 30.4 Å². The van der Waals surface area contributed by atoms with Gasteiger partial charge in [0, 0.05) is 28.0 Å². The number of aryl methyl sites for hydroxylation is 1. The first kappa shape index (κ1) is 19.0. The molecule has 2 rings (SSSR count). The molecule has 6 heteroatoms. The molecule has 2 aromatic carbocycles. The summed E-state index contributed by atoms with van der Waals surface area (Å²) in [4.78, 5) is 16.1. The van der Waals surface area contributed by atoms with Crippen molar-refractivity contribution >= 4 is 33.7 Å². The van der Waals surface area contributed by atoms with Crippen LogP contribution in [0.5, 0.6) is 11.5 Å². The van der Waals surface area contributed by atoms with Crippen molar-refractivity contribution in [3.05, 3.63) is 52.0 Å². The van der Waals surface area contributed by atoms with E-state index >= 15 is 0 Å². The van der Waals surface area contributed by atoms with Crippen LogP contribution in [0.4, 0.5) is 5.69 Å². The van der Waals surface area contributed by atoms with E-state index in [4.69, 9.17) is 4.74 Å². The number of phenols is 1. The molecule has 5 nitrogen and oxygen atoms in total. The number of carbonyl (C=O) groups is 1. The Morgan fingerprint density at radius 3 is 2.80 bits per heavy atom. The van der Waals surface area contributed by atoms with E-state index in [1.807, 2.05) is 32.0 Å². The zero-order valence-corrected chi connectivity index (χ0v) is 15.8. The van der Waals surface area contributed by atoms with Crippen LogP contribution < -0.4 is 10.1 Å². The largest absolute Gasteiger partial charge is 0.507 e. The van der Waals surface area contributed by atoms with Gasteiger partial charge < -0.3 is 15.2 Å². The summed E-state index contributed by atoms with van der Waals surface area (Å²) in [5.41, 5.74) is 2.26. The fourth-order valence-electron chi connectivity index (χ4n) is 2.13. The molecule has 0 aliphatic heterocycles. The molecule has 0 aromatic heterocycles. The highest BCUT2D eigenvalue weighted by Gasteiger charge is 2.05. The Morgan fingerprint density at radius 2 is 2.12 bits per heavy atom. The van der Waals surface area contributed by atoms with Gasteiger partial charge in [-0.2, -0.15) is 0 Å². The lowest BCUT2D eigenvalue weighted by molar-refractivity contribution is -0.114. The number of nitrogens with one attached hydrogen (secondary N) is 1. The van der Waals surface area contributed by atoms with Crippen LogP contribution in [0.1, 0.15) is 24.5 Å². The minimum absolute atomic E-state index is 0.0248. The van der Waals surface area contributed by atoms with E-state index in [1.165, 1.54) is 6.21 Å². The maximum Gasteiger partial charge on any atom is 0.246 e. The van der Waals surface area contributed by atoms with Gasteiger partial charge in [0.15, 0.2) is 0 Å². The minimum atomic E-state index is -0.218. The molecule has 0 aliphatic carbocycles. The number of aliphatic imine (C=N–C) groups is 1. The fourth-order valence-corrected chi connectivity index (χ4v) is 2.60. The highest BCUT2D eigenvalue weighted by molar-refractivity contribution is 9.10. The number of ether oxygens (including phenoxy) is 1. The highest BCUT2D eigenvalue weighted by atomic mass is 79.9. The van der Waals surface area contributed by atoms with Gasteiger partial charge in [-0.1, -0.05) is 22.9 Å². The number of nitrogens with zero attached hydrogens (tertiary/aromatic N) is 1. The number of hydrogen-bond acceptors (Lipinski definition) is 4. The minimum Gasteiger partial charge on any atom is -0.507 e. The Bertz CT molecular complexity index is 775. The second-order valence-electron chi connectivity index (χ2n) is 5.55. The van der Waals surface area contributed by atoms with E-state index in [2.05, 4.69) is 26.2 Å². The van der Waals surface area contributed by atoms with Crippen LogP contribution in [0.3, 0.4) is 0 Å². The molecule has 0 saturated carbocycles. The van der Waals surface area contributed by atoms with Gasteiger partial charge >= 0.3 is 0 Å². The smallest absolute Gasteiger partial charge is 0.246 e. The summed E-state index contributed by atoms with van der Waals surface area (Å²) in [6.45, 7) is 4.51. The Labute approximate surface area is 155 Å². The number of aromatic hydroxyl groups is 1. The fraction of sp³-hybridized carbons (Fsp3) is 0.263. The van der Waals surface area contributed by atoms with Crippen LogP contribution in [0.25, 0.3) is 0 Å². The molecule has 0 fully saturated rings. The molecule has 0 radical (unpaired) electrons. The maximum atomic E-state index is 12.0. The number of phenolic OH excluding ortho intramolecular Hbond substituents is 1. The van der Waals surface area contributed by atoms with Crippen molar-refractivity contribution in [2.75, 3.05) is 18.5 Å². The Balaban J connectivity index is 1.92. The van der Waals surface area contributed by atoms with E-state index in [0.717, 1.165) is 22.1 Å². The number of amides is 1. The van der Waals surface area contributed by atoms with Gasteiger partial charge in [0.1, 0.15) is 18.0 Å². The standard InChI is InChI=1S/C19H21BrN2O3/c1-3-8-25-16-6-4-14(18(23)10-16)11-21-12-19(24)22-17-7-5-15(20)9-13(17)2/h4-7,9-11,23H,3,8,12H2,1-2H3,(H,22,24). The third-order valence-corrected chi connectivity index (χ3v) is 3.90. The lowest BCUT2D eigenvalue weighted by Gasteiger charge is -2.07.